The van der Waals surface area contributed by atoms with E-state index in [1.54, 1.807) is 18.2 Å². The summed E-state index contributed by atoms with van der Waals surface area (Å²) in [5.74, 6) is -1.33. The molecule has 0 saturated heterocycles. The number of rotatable bonds is 3. The molecule has 0 aliphatic carbocycles. The zero-order valence-corrected chi connectivity index (χ0v) is 11.7. The summed E-state index contributed by atoms with van der Waals surface area (Å²) >= 11 is 0. The normalized spacial score (nSPS) is 10.7. The highest BCUT2D eigenvalue weighted by Gasteiger charge is 2.09. The second-order valence-corrected chi connectivity index (χ2v) is 4.93. The molecule has 0 atom stereocenters. The number of aromatic nitrogens is 1. The zero-order chi connectivity index (χ0) is 15.7. The lowest BCUT2D eigenvalue weighted by atomic mass is 10.1. The number of anilines is 2. The summed E-state index contributed by atoms with van der Waals surface area (Å²) < 4.78 is 26.8. The van der Waals surface area contributed by atoms with Gasteiger partial charge in [0.1, 0.15) is 17.3 Å². The molecule has 0 amide bonds. The fourth-order valence-corrected chi connectivity index (χ4v) is 2.28. The molecule has 110 valence electrons. The lowest BCUT2D eigenvalue weighted by Gasteiger charge is -2.12. The largest absolute Gasteiger partial charge is 0.351 e. The van der Waals surface area contributed by atoms with E-state index in [1.165, 1.54) is 12.1 Å². The molecule has 0 fully saturated rings. The summed E-state index contributed by atoms with van der Waals surface area (Å²) in [6.07, 6.45) is 0.657. The number of pyridine rings is 1. The fourth-order valence-electron chi connectivity index (χ4n) is 2.28. The van der Waals surface area contributed by atoms with Crippen LogP contribution < -0.4 is 5.32 Å². The number of aldehydes is 1. The van der Waals surface area contributed by atoms with Crippen molar-refractivity contribution in [3.63, 3.8) is 0 Å². The molecule has 0 spiro atoms. The minimum atomic E-state index is -0.694. The van der Waals surface area contributed by atoms with Crippen LogP contribution in [0.25, 0.3) is 10.9 Å². The van der Waals surface area contributed by atoms with E-state index in [4.69, 9.17) is 0 Å². The predicted octanol–water partition coefficient (Wildman–Crippen LogP) is 4.38. The van der Waals surface area contributed by atoms with Crippen molar-refractivity contribution < 1.29 is 13.6 Å². The van der Waals surface area contributed by atoms with Gasteiger partial charge < -0.3 is 5.32 Å². The average Bonchev–Trinajstić information content (AvgIpc) is 2.52. The van der Waals surface area contributed by atoms with E-state index in [-0.39, 0.29) is 5.69 Å². The maximum atomic E-state index is 13.8. The SMILES string of the molecule is Cc1ccc(Nc2ccc(F)cc2F)c2nc(C=O)ccc12. The van der Waals surface area contributed by atoms with Crippen molar-refractivity contribution in [2.45, 2.75) is 6.92 Å². The maximum Gasteiger partial charge on any atom is 0.168 e. The predicted molar refractivity (Wildman–Crippen MR) is 81.5 cm³/mol. The van der Waals surface area contributed by atoms with Crippen molar-refractivity contribution in [3.05, 3.63) is 65.4 Å². The lowest BCUT2D eigenvalue weighted by Crippen LogP contribution is -1.98. The Kier molecular flexibility index (Phi) is 3.55. The third-order valence-corrected chi connectivity index (χ3v) is 3.42. The second-order valence-electron chi connectivity index (χ2n) is 4.93. The van der Waals surface area contributed by atoms with Crippen molar-refractivity contribution in [1.29, 1.82) is 0 Å². The Morgan fingerprint density at radius 3 is 2.55 bits per heavy atom. The van der Waals surface area contributed by atoms with E-state index in [0.717, 1.165) is 17.0 Å². The quantitative estimate of drug-likeness (QED) is 0.730. The molecule has 3 rings (SSSR count). The van der Waals surface area contributed by atoms with Crippen LogP contribution in [0.15, 0.2) is 42.5 Å². The van der Waals surface area contributed by atoms with E-state index in [0.29, 0.717) is 23.2 Å². The van der Waals surface area contributed by atoms with Crippen LogP contribution in [0.3, 0.4) is 0 Å². The third-order valence-electron chi connectivity index (χ3n) is 3.42. The first-order valence-electron chi connectivity index (χ1n) is 6.66. The topological polar surface area (TPSA) is 42.0 Å². The molecular weight excluding hydrogens is 286 g/mol. The Morgan fingerprint density at radius 2 is 1.82 bits per heavy atom. The molecule has 22 heavy (non-hydrogen) atoms. The van der Waals surface area contributed by atoms with Gasteiger partial charge in [-0.3, -0.25) is 4.79 Å². The molecule has 0 radical (unpaired) electrons. The molecular formula is C17H12F2N2O. The molecule has 3 aromatic rings. The smallest absolute Gasteiger partial charge is 0.168 e. The molecule has 1 aromatic heterocycles. The van der Waals surface area contributed by atoms with Crippen LogP contribution in [0.5, 0.6) is 0 Å². The number of nitrogens with one attached hydrogen (secondary N) is 1. The minimum Gasteiger partial charge on any atom is -0.351 e. The van der Waals surface area contributed by atoms with Crippen molar-refractivity contribution in [3.8, 4) is 0 Å². The van der Waals surface area contributed by atoms with Gasteiger partial charge in [-0.15, -0.1) is 0 Å². The van der Waals surface area contributed by atoms with Crippen LogP contribution in [0.4, 0.5) is 20.2 Å². The van der Waals surface area contributed by atoms with Gasteiger partial charge in [-0.2, -0.15) is 0 Å². The van der Waals surface area contributed by atoms with E-state index in [2.05, 4.69) is 10.3 Å². The minimum absolute atomic E-state index is 0.143. The molecule has 0 bridgehead atoms. The van der Waals surface area contributed by atoms with Crippen LogP contribution >= 0.6 is 0 Å². The van der Waals surface area contributed by atoms with Crippen LogP contribution in [-0.2, 0) is 0 Å². The molecule has 2 aromatic carbocycles. The molecule has 0 saturated carbocycles. The Bertz CT molecular complexity index is 878. The average molecular weight is 298 g/mol. The number of carbonyl (C=O) groups excluding carboxylic acids is 1. The van der Waals surface area contributed by atoms with Gasteiger partial charge in [0, 0.05) is 11.5 Å². The Morgan fingerprint density at radius 1 is 1.05 bits per heavy atom. The first kappa shape index (κ1) is 14.1. The standard InChI is InChI=1S/C17H12F2N2O/c1-10-2-6-16(17-13(10)5-4-12(9-22)20-17)21-15-7-3-11(18)8-14(15)19/h2-9,21H,1H3. The maximum absolute atomic E-state index is 13.8. The van der Waals surface area contributed by atoms with Crippen molar-refractivity contribution in [2.75, 3.05) is 5.32 Å². The number of nitrogens with zero attached hydrogens (tertiary/aromatic N) is 1. The number of hydrogen-bond donors (Lipinski definition) is 1. The number of benzene rings is 2. The molecule has 0 aliphatic rings. The highest BCUT2D eigenvalue weighted by Crippen LogP contribution is 2.28. The van der Waals surface area contributed by atoms with Gasteiger partial charge in [-0.1, -0.05) is 12.1 Å². The van der Waals surface area contributed by atoms with Gasteiger partial charge in [0.05, 0.1) is 16.9 Å². The second kappa shape index (κ2) is 5.52. The first-order valence-corrected chi connectivity index (χ1v) is 6.66. The summed E-state index contributed by atoms with van der Waals surface area (Å²) in [4.78, 5) is 15.2. The molecule has 5 heteroatoms. The van der Waals surface area contributed by atoms with Crippen LogP contribution in [0.1, 0.15) is 16.1 Å². The monoisotopic (exact) mass is 298 g/mol. The van der Waals surface area contributed by atoms with E-state index < -0.39 is 11.6 Å². The van der Waals surface area contributed by atoms with Gasteiger partial charge in [-0.05, 0) is 36.8 Å². The summed E-state index contributed by atoms with van der Waals surface area (Å²) in [6.45, 7) is 1.92. The fraction of sp³-hybridized carbons (Fsp3) is 0.0588. The van der Waals surface area contributed by atoms with Gasteiger partial charge in [0.25, 0.3) is 0 Å². The Labute approximate surface area is 125 Å². The Hall–Kier alpha value is -2.82. The zero-order valence-electron chi connectivity index (χ0n) is 11.7. The lowest BCUT2D eigenvalue weighted by molar-refractivity contribution is 0.111. The van der Waals surface area contributed by atoms with Crippen LogP contribution in [0.2, 0.25) is 0 Å². The number of halogens is 2. The van der Waals surface area contributed by atoms with E-state index in [9.17, 15) is 13.6 Å². The number of hydrogen-bond acceptors (Lipinski definition) is 3. The van der Waals surface area contributed by atoms with Crippen molar-refractivity contribution in [2.24, 2.45) is 0 Å². The van der Waals surface area contributed by atoms with Gasteiger partial charge in [0.2, 0.25) is 0 Å². The molecule has 1 heterocycles. The summed E-state index contributed by atoms with van der Waals surface area (Å²) in [7, 11) is 0. The van der Waals surface area contributed by atoms with Gasteiger partial charge in [-0.25, -0.2) is 13.8 Å². The van der Waals surface area contributed by atoms with Crippen molar-refractivity contribution in [1.82, 2.24) is 4.98 Å². The van der Waals surface area contributed by atoms with Crippen molar-refractivity contribution >= 4 is 28.6 Å². The summed E-state index contributed by atoms with van der Waals surface area (Å²) in [6, 6.07) is 10.4. The molecule has 0 aliphatic heterocycles. The highest BCUT2D eigenvalue weighted by atomic mass is 19.1. The van der Waals surface area contributed by atoms with Gasteiger partial charge in [0.15, 0.2) is 6.29 Å². The van der Waals surface area contributed by atoms with Crippen LogP contribution in [-0.4, -0.2) is 11.3 Å². The molecule has 1 N–H and O–H groups in total. The Balaban J connectivity index is 2.13. The number of aryl methyl sites for hydroxylation is 1. The van der Waals surface area contributed by atoms with E-state index >= 15 is 0 Å². The van der Waals surface area contributed by atoms with Gasteiger partial charge >= 0.3 is 0 Å². The highest BCUT2D eigenvalue weighted by molar-refractivity contribution is 5.95. The number of carbonyl (C=O) groups is 1. The third kappa shape index (κ3) is 2.53. The summed E-state index contributed by atoms with van der Waals surface area (Å²) in [5, 5.41) is 3.76. The first-order chi connectivity index (χ1) is 10.6. The van der Waals surface area contributed by atoms with E-state index in [1.807, 2.05) is 13.0 Å². The summed E-state index contributed by atoms with van der Waals surface area (Å²) in [5.41, 5.74) is 2.54. The van der Waals surface area contributed by atoms with Crippen LogP contribution in [0, 0.1) is 18.6 Å². The molecule has 3 nitrogen and oxygen atoms in total. The molecule has 0 unspecified atom stereocenters. The number of fused-ring (bicyclic) bond motifs is 1.